The molecule has 1 saturated heterocycles. The third-order valence-corrected chi connectivity index (χ3v) is 10.7. The maximum Gasteiger partial charge on any atom is 0.273 e. The van der Waals surface area contributed by atoms with Crippen molar-refractivity contribution in [3.05, 3.63) is 70.7 Å². The molecule has 1 aliphatic heterocycles. The molecule has 2 aromatic carbocycles. The zero-order chi connectivity index (χ0) is 24.3. The molecule has 3 aliphatic rings. The van der Waals surface area contributed by atoms with Crippen molar-refractivity contribution in [1.29, 1.82) is 0 Å². The summed E-state index contributed by atoms with van der Waals surface area (Å²) >= 11 is 13.3. The maximum atomic E-state index is 13.7. The van der Waals surface area contributed by atoms with Crippen LogP contribution < -0.4 is 0 Å². The number of hydrogen-bond donors (Lipinski definition) is 0. The van der Waals surface area contributed by atoms with Gasteiger partial charge in [0.25, 0.3) is 17.7 Å². The molecular weight excluding hydrogens is 588 g/mol. The first kappa shape index (κ1) is 23.7. The summed E-state index contributed by atoms with van der Waals surface area (Å²) in [6.45, 7) is 1.55. The highest BCUT2D eigenvalue weighted by molar-refractivity contribution is 9.12. The molecule has 34 heavy (non-hydrogen) atoms. The van der Waals surface area contributed by atoms with Gasteiger partial charge in [0.2, 0.25) is 0 Å². The van der Waals surface area contributed by atoms with Crippen molar-refractivity contribution >= 4 is 67.0 Å². The van der Waals surface area contributed by atoms with Crippen molar-refractivity contribution in [3.8, 4) is 0 Å². The van der Waals surface area contributed by atoms with Crippen LogP contribution in [0.2, 0.25) is 5.02 Å². The Balaban J connectivity index is 1.55. The van der Waals surface area contributed by atoms with Crippen LogP contribution in [0.5, 0.6) is 0 Å². The highest BCUT2D eigenvalue weighted by Crippen LogP contribution is 2.60. The van der Waals surface area contributed by atoms with Crippen LogP contribution in [0, 0.1) is 23.7 Å². The number of amides is 3. The summed E-state index contributed by atoms with van der Waals surface area (Å²) in [6.07, 6.45) is 0.774. The Hall–Kier alpha value is -2.03. The third-order valence-electron chi connectivity index (χ3n) is 7.28. The first-order chi connectivity index (χ1) is 16.2. The molecule has 3 fully saturated rings. The minimum absolute atomic E-state index is 0.00607. The number of hydrogen-bond acceptors (Lipinski definition) is 4. The largest absolute Gasteiger partial charge is 0.292 e. The molecule has 6 nitrogen and oxygen atoms in total. The number of carbonyl (C=O) groups excluding carboxylic acids is 4. The minimum atomic E-state index is -1.07. The van der Waals surface area contributed by atoms with E-state index in [1.165, 1.54) is 12.1 Å². The number of fused-ring (bicyclic) bond motifs is 5. The average Bonchev–Trinajstić information content (AvgIpc) is 3.45. The zero-order valence-electron chi connectivity index (χ0n) is 18.1. The van der Waals surface area contributed by atoms with E-state index in [2.05, 4.69) is 31.9 Å². The summed E-state index contributed by atoms with van der Waals surface area (Å²) < 4.78 is 0. The van der Waals surface area contributed by atoms with Crippen LogP contribution in [0.1, 0.15) is 34.1 Å². The van der Waals surface area contributed by atoms with Gasteiger partial charge in [-0.25, -0.2) is 5.01 Å². The van der Waals surface area contributed by atoms with Gasteiger partial charge in [0.15, 0.2) is 5.78 Å². The van der Waals surface area contributed by atoms with E-state index in [-0.39, 0.29) is 32.8 Å². The number of halogens is 3. The lowest BCUT2D eigenvalue weighted by Crippen LogP contribution is -2.56. The Morgan fingerprint density at radius 2 is 1.44 bits per heavy atom. The fourth-order valence-electron chi connectivity index (χ4n) is 5.66. The number of Topliss-reactive ketones (excluding diaryl/α,β-unsaturated/α-hetero) is 1. The van der Waals surface area contributed by atoms with Crippen molar-refractivity contribution in [1.82, 2.24) is 10.0 Å². The molecule has 2 aromatic rings. The van der Waals surface area contributed by atoms with Crippen LogP contribution in [0.4, 0.5) is 0 Å². The standard InChI is InChI=1S/C25H21Br2ClN2O4/c1-12(22(31)13-5-3-2-4-6-13)29(23(32)14-7-9-15(28)10-8-14)30-24(33)18-16-11-17(19(18)25(30)34)21(27)20(16)26/h2-10,12,16-21H,11H2,1H3/t12-,16-,17-,18-,19+,20+,21+/m1/s1. The van der Waals surface area contributed by atoms with E-state index in [1.54, 1.807) is 49.4 Å². The monoisotopic (exact) mass is 606 g/mol. The van der Waals surface area contributed by atoms with Crippen LogP contribution >= 0.6 is 43.5 Å². The molecule has 5 rings (SSSR count). The van der Waals surface area contributed by atoms with E-state index in [0.29, 0.717) is 10.6 Å². The molecular formula is C25H21Br2ClN2O4. The Bertz CT molecular complexity index is 1140. The van der Waals surface area contributed by atoms with Gasteiger partial charge in [0.05, 0.1) is 11.8 Å². The van der Waals surface area contributed by atoms with Crippen LogP contribution in [0.15, 0.2) is 54.6 Å². The van der Waals surface area contributed by atoms with E-state index < -0.39 is 35.6 Å². The lowest BCUT2D eigenvalue weighted by Gasteiger charge is -2.35. The normalized spacial score (nSPS) is 30.4. The van der Waals surface area contributed by atoms with Crippen LogP contribution in [0.25, 0.3) is 0 Å². The summed E-state index contributed by atoms with van der Waals surface area (Å²) in [6, 6.07) is 13.6. The van der Waals surface area contributed by atoms with E-state index in [1.807, 2.05) is 0 Å². The molecule has 0 aromatic heterocycles. The molecule has 3 amide bonds. The van der Waals surface area contributed by atoms with Crippen molar-refractivity contribution in [3.63, 3.8) is 0 Å². The van der Waals surface area contributed by atoms with Crippen LogP contribution in [-0.4, -0.2) is 49.2 Å². The number of imide groups is 1. The van der Waals surface area contributed by atoms with Gasteiger partial charge < -0.3 is 0 Å². The lowest BCUT2D eigenvalue weighted by atomic mass is 9.81. The smallest absolute Gasteiger partial charge is 0.273 e. The average molecular weight is 609 g/mol. The number of rotatable bonds is 5. The molecule has 9 heteroatoms. The topological polar surface area (TPSA) is 74.8 Å². The predicted molar refractivity (Wildman–Crippen MR) is 134 cm³/mol. The van der Waals surface area contributed by atoms with Crippen LogP contribution in [-0.2, 0) is 9.59 Å². The third kappa shape index (κ3) is 3.57. The second-order valence-corrected chi connectivity index (χ2v) is 11.6. The van der Waals surface area contributed by atoms with Crippen molar-refractivity contribution in [2.45, 2.75) is 29.0 Å². The van der Waals surface area contributed by atoms with Gasteiger partial charge in [-0.1, -0.05) is 73.8 Å². The molecule has 2 aliphatic carbocycles. The molecule has 176 valence electrons. The molecule has 0 unspecified atom stereocenters. The van der Waals surface area contributed by atoms with Gasteiger partial charge in [-0.3, -0.25) is 19.2 Å². The second kappa shape index (κ2) is 8.88. The van der Waals surface area contributed by atoms with Crippen molar-refractivity contribution < 1.29 is 19.2 Å². The Morgan fingerprint density at radius 1 is 0.912 bits per heavy atom. The number of nitrogens with zero attached hydrogens (tertiary/aromatic N) is 2. The number of carbonyl (C=O) groups is 4. The minimum Gasteiger partial charge on any atom is -0.292 e. The van der Waals surface area contributed by atoms with E-state index in [9.17, 15) is 19.2 Å². The number of benzene rings is 2. The molecule has 7 atom stereocenters. The molecule has 0 spiro atoms. The van der Waals surface area contributed by atoms with E-state index in [4.69, 9.17) is 11.6 Å². The first-order valence-electron chi connectivity index (χ1n) is 11.1. The molecule has 0 radical (unpaired) electrons. The van der Waals surface area contributed by atoms with E-state index >= 15 is 0 Å². The Kier molecular flexibility index (Phi) is 6.19. The predicted octanol–water partition coefficient (Wildman–Crippen LogP) is 4.75. The summed E-state index contributed by atoms with van der Waals surface area (Å²) in [5.74, 6) is -2.82. The maximum absolute atomic E-state index is 13.7. The Morgan fingerprint density at radius 3 is 1.97 bits per heavy atom. The van der Waals surface area contributed by atoms with Gasteiger partial charge >= 0.3 is 0 Å². The number of alkyl halides is 2. The number of ketones is 1. The van der Waals surface area contributed by atoms with Crippen LogP contribution in [0.3, 0.4) is 0 Å². The highest BCUT2D eigenvalue weighted by atomic mass is 79.9. The Labute approximate surface area is 218 Å². The van der Waals surface area contributed by atoms with Gasteiger partial charge in [0.1, 0.15) is 6.04 Å². The fourth-order valence-corrected chi connectivity index (χ4v) is 7.66. The summed E-state index contributed by atoms with van der Waals surface area (Å²) in [4.78, 5) is 54.6. The SMILES string of the molecule is C[C@H](C(=O)c1ccccc1)N(C(=O)c1ccc(Cl)cc1)N1C(=O)[C@@H]2[C@H]3C[C@@H]([C@H](Br)[C@H]3Br)[C@@H]2C1=O. The van der Waals surface area contributed by atoms with Gasteiger partial charge in [-0.2, -0.15) is 5.01 Å². The molecule has 2 saturated carbocycles. The fraction of sp³-hybridized carbons (Fsp3) is 0.360. The zero-order valence-corrected chi connectivity index (χ0v) is 22.0. The first-order valence-corrected chi connectivity index (χ1v) is 13.3. The van der Waals surface area contributed by atoms with E-state index in [0.717, 1.165) is 16.4 Å². The lowest BCUT2D eigenvalue weighted by molar-refractivity contribution is -0.157. The molecule has 1 heterocycles. The highest BCUT2D eigenvalue weighted by Gasteiger charge is 2.68. The summed E-state index contributed by atoms with van der Waals surface area (Å²) in [5.41, 5.74) is 0.624. The summed E-state index contributed by atoms with van der Waals surface area (Å²) in [5, 5.41) is 2.44. The quantitative estimate of drug-likeness (QED) is 0.279. The second-order valence-electron chi connectivity index (χ2n) is 9.05. The summed E-state index contributed by atoms with van der Waals surface area (Å²) in [7, 11) is 0. The van der Waals surface area contributed by atoms with Gasteiger partial charge in [-0.05, 0) is 49.4 Å². The van der Waals surface area contributed by atoms with Crippen molar-refractivity contribution in [2.24, 2.45) is 23.7 Å². The molecule has 2 bridgehead atoms. The van der Waals surface area contributed by atoms with Gasteiger partial charge in [-0.15, -0.1) is 0 Å². The van der Waals surface area contributed by atoms with Crippen molar-refractivity contribution in [2.75, 3.05) is 0 Å². The number of hydrazine groups is 1. The van der Waals surface area contributed by atoms with Gasteiger partial charge in [0, 0.05) is 25.8 Å². The molecule has 0 N–H and O–H groups in total.